The van der Waals surface area contributed by atoms with E-state index in [1.54, 1.807) is 0 Å². The van der Waals surface area contributed by atoms with Crippen molar-refractivity contribution in [2.75, 3.05) is 58.2 Å². The van der Waals surface area contributed by atoms with Crippen LogP contribution in [0.2, 0.25) is 0 Å². The van der Waals surface area contributed by atoms with Crippen molar-refractivity contribution in [1.29, 1.82) is 0 Å². The number of halogens is 3. The second-order valence-corrected chi connectivity index (χ2v) is 7.01. The third kappa shape index (κ3) is 8.72. The maximum atomic E-state index is 12.2. The number of anilines is 1. The second-order valence-electron chi connectivity index (χ2n) is 7.01. The Labute approximate surface area is 187 Å². The topological polar surface area (TPSA) is 56.8 Å². The molecule has 28 heavy (non-hydrogen) atoms. The monoisotopic (exact) mass is 454 g/mol. The van der Waals surface area contributed by atoms with Crippen molar-refractivity contribution in [1.82, 2.24) is 15.1 Å². The van der Waals surface area contributed by atoms with Gasteiger partial charge in [-0.2, -0.15) is 0 Å². The Bertz CT molecular complexity index is 549. The van der Waals surface area contributed by atoms with Crippen LogP contribution < -0.4 is 15.4 Å². The van der Waals surface area contributed by atoms with Gasteiger partial charge in [-0.3, -0.25) is 9.69 Å². The summed E-state index contributed by atoms with van der Waals surface area (Å²) in [4.78, 5) is 17.0. The van der Waals surface area contributed by atoms with Crippen LogP contribution in [0.25, 0.3) is 0 Å². The summed E-state index contributed by atoms with van der Waals surface area (Å²) < 4.78 is 5.83. The molecule has 1 aromatic carbocycles. The lowest BCUT2D eigenvalue weighted by molar-refractivity contribution is -0.118. The average Bonchev–Trinajstić information content (AvgIpc) is 2.65. The van der Waals surface area contributed by atoms with Gasteiger partial charge in [0, 0.05) is 38.4 Å². The smallest absolute Gasteiger partial charge is 0.241 e. The molecule has 0 aliphatic carbocycles. The molecule has 3 rings (SSSR count). The van der Waals surface area contributed by atoms with E-state index in [2.05, 4.69) is 27.5 Å². The Morgan fingerprint density at radius 1 is 1.11 bits per heavy atom. The molecular formula is C19H33Cl3N4O2. The van der Waals surface area contributed by atoms with Crippen molar-refractivity contribution in [2.45, 2.75) is 25.3 Å². The molecule has 2 saturated heterocycles. The van der Waals surface area contributed by atoms with Gasteiger partial charge in [-0.1, -0.05) is 6.42 Å². The van der Waals surface area contributed by atoms with Crippen LogP contribution in [0, 0.1) is 0 Å². The highest BCUT2D eigenvalue weighted by atomic mass is 35.5. The number of carbonyl (C=O) groups is 1. The van der Waals surface area contributed by atoms with Gasteiger partial charge < -0.3 is 20.3 Å². The first kappa shape index (κ1) is 27.2. The molecule has 162 valence electrons. The Kier molecular flexibility index (Phi) is 13.9. The number of benzene rings is 1. The standard InChI is InChI=1S/C19H30N4O2.3ClH/c1-22-10-12-23(13-11-22)14-15-25-17-7-5-16(6-8-17)21-19(24)18-4-2-3-9-20-18;;;/h5-8,18,20H,2-4,9-15H2,1H3,(H,21,24);3*1H/t18-;;;/m1.../s1. The molecule has 2 fully saturated rings. The molecule has 0 bridgehead atoms. The average molecular weight is 456 g/mol. The van der Waals surface area contributed by atoms with Gasteiger partial charge in [0.1, 0.15) is 12.4 Å². The summed E-state index contributed by atoms with van der Waals surface area (Å²) in [5.74, 6) is 0.909. The predicted molar refractivity (Wildman–Crippen MR) is 122 cm³/mol. The van der Waals surface area contributed by atoms with E-state index in [1.807, 2.05) is 24.3 Å². The number of hydrogen-bond acceptors (Lipinski definition) is 5. The molecule has 2 aliphatic rings. The zero-order valence-electron chi connectivity index (χ0n) is 16.4. The molecule has 0 radical (unpaired) electrons. The molecule has 1 amide bonds. The summed E-state index contributed by atoms with van der Waals surface area (Å²) >= 11 is 0. The Morgan fingerprint density at radius 3 is 2.39 bits per heavy atom. The van der Waals surface area contributed by atoms with Gasteiger partial charge in [0.15, 0.2) is 0 Å². The molecule has 0 aromatic heterocycles. The molecule has 0 unspecified atom stereocenters. The molecule has 2 aliphatic heterocycles. The SMILES string of the molecule is CN1CCN(CCOc2ccc(NC(=O)[C@H]3CCCCN3)cc2)CC1.Cl.Cl.Cl. The highest BCUT2D eigenvalue weighted by Gasteiger charge is 2.20. The number of carbonyl (C=O) groups excluding carboxylic acids is 1. The number of nitrogens with zero attached hydrogens (tertiary/aromatic N) is 2. The molecule has 2 heterocycles. The number of likely N-dealkylation sites (N-methyl/N-ethyl adjacent to an activating group) is 1. The molecule has 0 saturated carbocycles. The van der Waals surface area contributed by atoms with Gasteiger partial charge in [0.2, 0.25) is 5.91 Å². The number of ether oxygens (including phenoxy) is 1. The lowest BCUT2D eigenvalue weighted by Crippen LogP contribution is -2.45. The molecule has 1 atom stereocenters. The van der Waals surface area contributed by atoms with E-state index in [0.717, 1.165) is 70.0 Å². The molecule has 9 heteroatoms. The molecule has 2 N–H and O–H groups in total. The van der Waals surface area contributed by atoms with Crippen LogP contribution in [-0.2, 0) is 4.79 Å². The van der Waals surface area contributed by atoms with Gasteiger partial charge >= 0.3 is 0 Å². The number of piperidine rings is 1. The summed E-state index contributed by atoms with van der Waals surface area (Å²) in [6.45, 7) is 7.06. The van der Waals surface area contributed by atoms with Gasteiger partial charge in [-0.05, 0) is 50.7 Å². The fourth-order valence-corrected chi connectivity index (χ4v) is 3.30. The van der Waals surface area contributed by atoms with E-state index < -0.39 is 0 Å². The van der Waals surface area contributed by atoms with Gasteiger partial charge in [0.25, 0.3) is 0 Å². The van der Waals surface area contributed by atoms with Gasteiger partial charge in [0.05, 0.1) is 6.04 Å². The minimum absolute atomic E-state index is 0. The van der Waals surface area contributed by atoms with Gasteiger partial charge in [-0.25, -0.2) is 0 Å². The van der Waals surface area contributed by atoms with E-state index in [0.29, 0.717) is 6.61 Å². The van der Waals surface area contributed by atoms with E-state index in [-0.39, 0.29) is 49.2 Å². The van der Waals surface area contributed by atoms with Crippen LogP contribution in [0.4, 0.5) is 5.69 Å². The fourth-order valence-electron chi connectivity index (χ4n) is 3.30. The first-order chi connectivity index (χ1) is 12.2. The minimum Gasteiger partial charge on any atom is -0.492 e. The number of rotatable bonds is 6. The van der Waals surface area contributed by atoms with Crippen molar-refractivity contribution in [2.24, 2.45) is 0 Å². The summed E-state index contributed by atoms with van der Waals surface area (Å²) in [6, 6.07) is 7.60. The number of nitrogens with one attached hydrogen (secondary N) is 2. The zero-order chi connectivity index (χ0) is 17.5. The first-order valence-corrected chi connectivity index (χ1v) is 9.39. The number of amides is 1. The number of piperazine rings is 1. The second kappa shape index (κ2) is 14.3. The van der Waals surface area contributed by atoms with E-state index in [4.69, 9.17) is 4.74 Å². The van der Waals surface area contributed by atoms with Gasteiger partial charge in [-0.15, -0.1) is 37.2 Å². The Hall–Kier alpha value is -0.760. The van der Waals surface area contributed by atoms with Crippen LogP contribution >= 0.6 is 37.2 Å². The zero-order valence-corrected chi connectivity index (χ0v) is 18.8. The third-order valence-corrected chi connectivity index (χ3v) is 5.02. The summed E-state index contributed by atoms with van der Waals surface area (Å²) in [5.41, 5.74) is 0.823. The maximum Gasteiger partial charge on any atom is 0.241 e. The third-order valence-electron chi connectivity index (χ3n) is 5.02. The largest absolute Gasteiger partial charge is 0.492 e. The van der Waals surface area contributed by atoms with Crippen molar-refractivity contribution in [3.63, 3.8) is 0 Å². The van der Waals surface area contributed by atoms with Crippen molar-refractivity contribution in [3.8, 4) is 5.75 Å². The van der Waals surface area contributed by atoms with E-state index in [1.165, 1.54) is 0 Å². The maximum absolute atomic E-state index is 12.2. The molecule has 1 aromatic rings. The van der Waals surface area contributed by atoms with Crippen molar-refractivity contribution >= 4 is 48.8 Å². The first-order valence-electron chi connectivity index (χ1n) is 9.39. The molecule has 0 spiro atoms. The minimum atomic E-state index is -0.0618. The van der Waals surface area contributed by atoms with Crippen molar-refractivity contribution in [3.05, 3.63) is 24.3 Å². The molecular weight excluding hydrogens is 423 g/mol. The van der Waals surface area contributed by atoms with Crippen LogP contribution in [-0.4, -0.2) is 74.7 Å². The number of hydrogen-bond donors (Lipinski definition) is 2. The normalized spacial score (nSPS) is 20.1. The lowest BCUT2D eigenvalue weighted by atomic mass is 10.0. The Morgan fingerprint density at radius 2 is 1.79 bits per heavy atom. The summed E-state index contributed by atoms with van der Waals surface area (Å²) in [5, 5.41) is 6.25. The highest BCUT2D eigenvalue weighted by Crippen LogP contribution is 2.17. The van der Waals surface area contributed by atoms with Crippen LogP contribution in [0.15, 0.2) is 24.3 Å². The summed E-state index contributed by atoms with van der Waals surface area (Å²) in [7, 11) is 2.17. The highest BCUT2D eigenvalue weighted by molar-refractivity contribution is 5.94. The lowest BCUT2D eigenvalue weighted by Gasteiger charge is -2.32. The fraction of sp³-hybridized carbons (Fsp3) is 0.632. The van der Waals surface area contributed by atoms with Crippen LogP contribution in [0.3, 0.4) is 0 Å². The van der Waals surface area contributed by atoms with Crippen molar-refractivity contribution < 1.29 is 9.53 Å². The summed E-state index contributed by atoms with van der Waals surface area (Å²) in [6.07, 6.45) is 3.19. The van der Waals surface area contributed by atoms with Crippen LogP contribution in [0.1, 0.15) is 19.3 Å². The quantitative estimate of drug-likeness (QED) is 0.691. The Balaban J connectivity index is 0.00000243. The van der Waals surface area contributed by atoms with E-state index >= 15 is 0 Å². The molecule has 6 nitrogen and oxygen atoms in total. The van der Waals surface area contributed by atoms with Crippen LogP contribution in [0.5, 0.6) is 5.75 Å². The predicted octanol–water partition coefficient (Wildman–Crippen LogP) is 2.66. The van der Waals surface area contributed by atoms with E-state index in [9.17, 15) is 4.79 Å².